The summed E-state index contributed by atoms with van der Waals surface area (Å²) in [6, 6.07) is 5.51. The number of likely N-dealkylation sites (N-methyl/N-ethyl adjacent to an activating group) is 2. The van der Waals surface area contributed by atoms with Gasteiger partial charge in [0.05, 0.1) is 64.8 Å². The Labute approximate surface area is 434 Å². The maximum atomic E-state index is 14.6. The van der Waals surface area contributed by atoms with Gasteiger partial charge in [0.1, 0.15) is 30.0 Å². The second-order valence-electron chi connectivity index (χ2n) is 22.9. The van der Waals surface area contributed by atoms with E-state index >= 15 is 0 Å². The molecule has 2 aromatic rings. The fourth-order valence-corrected chi connectivity index (χ4v) is 12.7. The summed E-state index contributed by atoms with van der Waals surface area (Å²) in [5.74, 6) is -3.23. The second-order valence-corrected chi connectivity index (χ2v) is 24.9. The van der Waals surface area contributed by atoms with Crippen molar-refractivity contribution in [2.45, 2.75) is 216 Å². The lowest BCUT2D eigenvalue weighted by atomic mass is 9.68. The van der Waals surface area contributed by atoms with Crippen molar-refractivity contribution in [1.29, 1.82) is 0 Å². The lowest BCUT2D eigenvalue weighted by molar-refractivity contribution is -0.302. The quantitative estimate of drug-likeness (QED) is 0.132. The number of aromatic nitrogens is 3. The first-order valence-corrected chi connectivity index (χ1v) is 28.3. The lowest BCUT2D eigenvalue weighted by Gasteiger charge is -2.51. The number of esters is 1. The molecule has 3 aliphatic heterocycles. The Morgan fingerprint density at radius 1 is 0.973 bits per heavy atom. The molecule has 0 bridgehead atoms. The van der Waals surface area contributed by atoms with E-state index in [9.17, 15) is 43.9 Å². The van der Waals surface area contributed by atoms with Crippen LogP contribution in [-0.4, -0.2) is 201 Å². The van der Waals surface area contributed by atoms with Crippen LogP contribution in [0.2, 0.25) is 0 Å². The third-order valence-electron chi connectivity index (χ3n) is 16.7. The Morgan fingerprint density at radius 2 is 1.63 bits per heavy atom. The van der Waals surface area contributed by atoms with Gasteiger partial charge < -0.3 is 64.1 Å². The molecule has 1 aromatic carbocycles. The fourth-order valence-electron chi connectivity index (χ4n) is 12.0. The van der Waals surface area contributed by atoms with Crippen LogP contribution in [0.25, 0.3) is 0 Å². The number of aliphatic hydroxyl groups excluding tert-OH is 4. The van der Waals surface area contributed by atoms with Crippen LogP contribution in [0.15, 0.2) is 35.4 Å². The van der Waals surface area contributed by atoms with E-state index < -0.39 is 111 Å². The minimum Gasteiger partial charge on any atom is -0.459 e. The summed E-state index contributed by atoms with van der Waals surface area (Å²) in [4.78, 5) is 18.9. The number of aryl methyl sites for hydroxylation is 1. The van der Waals surface area contributed by atoms with Crippen LogP contribution in [0.1, 0.15) is 125 Å². The maximum Gasteiger partial charge on any atom is 0.309 e. The van der Waals surface area contributed by atoms with Crippen molar-refractivity contribution in [1.82, 2.24) is 24.8 Å². The van der Waals surface area contributed by atoms with E-state index in [2.05, 4.69) is 10.3 Å². The molecule has 0 amide bonds. The van der Waals surface area contributed by atoms with E-state index in [4.69, 9.17) is 23.7 Å². The molecule has 73 heavy (non-hydrogen) atoms. The highest BCUT2D eigenvalue weighted by molar-refractivity contribution is 7.90. The molecule has 19 nitrogen and oxygen atoms in total. The summed E-state index contributed by atoms with van der Waals surface area (Å²) in [7, 11) is 2.00. The Balaban J connectivity index is 1.40. The summed E-state index contributed by atoms with van der Waals surface area (Å²) >= 11 is 0. The number of carbonyl (C=O) groups excluding carboxylic acids is 1. The predicted octanol–water partition coefficient (Wildman–Crippen LogP) is 3.34. The molecule has 0 saturated carbocycles. The number of aliphatic hydroxyl groups is 6. The van der Waals surface area contributed by atoms with Crippen LogP contribution < -0.4 is 0 Å². The molecule has 0 radical (unpaired) electrons. The van der Waals surface area contributed by atoms with Gasteiger partial charge in [0.15, 0.2) is 16.1 Å². The average molecular weight is 1050 g/mol. The summed E-state index contributed by atoms with van der Waals surface area (Å²) in [6.45, 7) is 18.6. The van der Waals surface area contributed by atoms with Gasteiger partial charge in [0.2, 0.25) is 0 Å². The van der Waals surface area contributed by atoms with Gasteiger partial charge in [-0.1, -0.05) is 45.0 Å². The molecule has 3 saturated heterocycles. The third kappa shape index (κ3) is 14.7. The van der Waals surface area contributed by atoms with Crippen molar-refractivity contribution in [2.75, 3.05) is 47.2 Å². The van der Waals surface area contributed by atoms with Gasteiger partial charge in [-0.3, -0.25) is 4.79 Å². The van der Waals surface area contributed by atoms with Crippen molar-refractivity contribution >= 4 is 15.8 Å². The molecule has 5 rings (SSSR count). The summed E-state index contributed by atoms with van der Waals surface area (Å²) in [6.07, 6.45) is -2.05. The number of benzene rings is 1. The number of carbonyl (C=O) groups is 1. The maximum absolute atomic E-state index is 14.6. The number of cyclic esters (lactones) is 1. The second kappa shape index (κ2) is 25.2. The predicted molar refractivity (Wildman–Crippen MR) is 274 cm³/mol. The van der Waals surface area contributed by atoms with Gasteiger partial charge >= 0.3 is 5.97 Å². The minimum atomic E-state index is -3.28. The SMILES string of the molecule is CC[C@H]1OC(=O)[C@H](C)[C@@H](C2C[C@@](C)(OC)[C@@H](O)[C@H](C)O2)[C@H](C)[C@@H](O[C@@H]2O[C@H](C)C[C@H](N(C)CCc3cn([C@H](CO)CCCc4ccc(S(C)(=O)=O)cc4)nn3)[C@H]2O)[C@](C)(O)C[C@@H](C)CN(C)[C@H](C)[C@@H](O)[C@]1(C)O. The standard InChI is InChI=1S/C53H91N5O14S/c1-15-43-53(10,65)46(61)35(6)57(12)28-31(2)26-51(8,64)48(33(4)44(34(5)49(63)71-43)42-27-52(9,68-13)47(62)36(7)70-42)72-50-45(60)41(25-32(3)69-50)56(11)24-23-38-29-58(55-54-38)39(30-59)18-16-17-37-19-21-40(22-20-37)73(14,66)67/h19-22,29,31-36,39,41-48,50,59-62,64-65H,15-18,23-28,30H2,1-14H3/t31-,32-,33+,34-,35-,36+,39+,41+,42?,43-,44+,45-,46-,47+,48-,50+,51-,52-,53-/m1/s1. The molecule has 3 fully saturated rings. The van der Waals surface area contributed by atoms with Crippen LogP contribution in [0.4, 0.5) is 0 Å². The molecule has 4 heterocycles. The van der Waals surface area contributed by atoms with E-state index in [1.54, 1.807) is 58.4 Å². The smallest absolute Gasteiger partial charge is 0.309 e. The van der Waals surface area contributed by atoms with Crippen LogP contribution in [-0.2, 0) is 51.2 Å². The first-order chi connectivity index (χ1) is 34.0. The van der Waals surface area contributed by atoms with Crippen LogP contribution in [0.3, 0.4) is 0 Å². The number of hydrogen-bond donors (Lipinski definition) is 6. The molecule has 19 atom stereocenters. The molecular weight excluding hydrogens is 963 g/mol. The van der Waals surface area contributed by atoms with Crippen molar-refractivity contribution in [3.05, 3.63) is 41.7 Å². The van der Waals surface area contributed by atoms with E-state index in [0.717, 1.165) is 12.0 Å². The van der Waals surface area contributed by atoms with Gasteiger partial charge in [-0.2, -0.15) is 0 Å². The van der Waals surface area contributed by atoms with Crippen molar-refractivity contribution in [3.8, 4) is 0 Å². The lowest BCUT2D eigenvalue weighted by Crippen LogP contribution is -2.62. The summed E-state index contributed by atoms with van der Waals surface area (Å²) in [5.41, 5.74) is -2.80. The fraction of sp³-hybridized carbons (Fsp3) is 0.830. The van der Waals surface area contributed by atoms with Crippen LogP contribution in [0, 0.1) is 23.7 Å². The number of rotatable bonds is 16. The van der Waals surface area contributed by atoms with Gasteiger partial charge in [0, 0.05) is 63.5 Å². The zero-order valence-electron chi connectivity index (χ0n) is 46.0. The molecule has 3 aliphatic rings. The first kappa shape index (κ1) is 61.2. The molecule has 1 aromatic heterocycles. The zero-order valence-corrected chi connectivity index (χ0v) is 46.8. The van der Waals surface area contributed by atoms with Crippen molar-refractivity contribution in [2.24, 2.45) is 23.7 Å². The van der Waals surface area contributed by atoms with Gasteiger partial charge in [-0.25, -0.2) is 13.1 Å². The van der Waals surface area contributed by atoms with E-state index in [1.165, 1.54) is 20.3 Å². The number of sulfone groups is 1. The zero-order chi connectivity index (χ0) is 54.5. The topological polar surface area (TPSA) is 256 Å². The Morgan fingerprint density at radius 3 is 2.23 bits per heavy atom. The molecule has 0 spiro atoms. The average Bonchev–Trinajstić information content (AvgIpc) is 3.80. The molecule has 418 valence electrons. The summed E-state index contributed by atoms with van der Waals surface area (Å²) in [5, 5.41) is 79.2. The van der Waals surface area contributed by atoms with E-state index in [-0.39, 0.29) is 48.8 Å². The monoisotopic (exact) mass is 1050 g/mol. The highest BCUT2D eigenvalue weighted by atomic mass is 32.2. The normalized spacial score (nSPS) is 39.4. The number of methoxy groups -OCH3 is 1. The molecule has 1 unspecified atom stereocenters. The van der Waals surface area contributed by atoms with Crippen molar-refractivity contribution < 1.29 is 67.5 Å². The Hall–Kier alpha value is -2.70. The van der Waals surface area contributed by atoms with Gasteiger partial charge in [-0.15, -0.1) is 5.10 Å². The highest BCUT2D eigenvalue weighted by Gasteiger charge is 2.55. The Kier molecular flexibility index (Phi) is 21.1. The van der Waals surface area contributed by atoms with E-state index in [1.807, 2.05) is 63.0 Å². The Bertz CT molecular complexity index is 2160. The molecular formula is C53H91N5O14S. The summed E-state index contributed by atoms with van der Waals surface area (Å²) < 4.78 is 57.6. The van der Waals surface area contributed by atoms with Gasteiger partial charge in [-0.05, 0) is 124 Å². The largest absolute Gasteiger partial charge is 0.459 e. The molecule has 0 aliphatic carbocycles. The van der Waals surface area contributed by atoms with Crippen LogP contribution >= 0.6 is 0 Å². The first-order valence-electron chi connectivity index (χ1n) is 26.4. The van der Waals surface area contributed by atoms with Crippen LogP contribution in [0.5, 0.6) is 0 Å². The van der Waals surface area contributed by atoms with Gasteiger partial charge in [0.25, 0.3) is 0 Å². The third-order valence-corrected chi connectivity index (χ3v) is 17.8. The number of hydrogen-bond acceptors (Lipinski definition) is 18. The van der Waals surface area contributed by atoms with E-state index in [0.29, 0.717) is 44.5 Å². The minimum absolute atomic E-state index is 0.135. The highest BCUT2D eigenvalue weighted by Crippen LogP contribution is 2.45. The van der Waals surface area contributed by atoms with Crippen molar-refractivity contribution in [3.63, 3.8) is 0 Å². The number of nitrogens with zero attached hydrogens (tertiary/aromatic N) is 5. The molecule has 20 heteroatoms. The molecule has 6 N–H and O–H groups in total. The number of ether oxygens (including phenoxy) is 5.